The smallest absolute Gasteiger partial charge is 0.237 e. The van der Waals surface area contributed by atoms with Crippen LogP contribution >= 0.6 is 0 Å². The molecule has 1 saturated carbocycles. The monoisotopic (exact) mass is 234 g/mol. The first-order valence-electron chi connectivity index (χ1n) is 6.61. The molecule has 1 aromatic rings. The predicted octanol–water partition coefficient (Wildman–Crippen LogP) is 3.47. The minimum absolute atomic E-state index is 0.164. The highest BCUT2D eigenvalue weighted by molar-refractivity contribution is 5.52. The maximum Gasteiger partial charge on any atom is 0.237 e. The molecule has 1 fully saturated rings. The number of ether oxygens (including phenoxy) is 1. The molecule has 2 rings (SSSR count). The Kier molecular flexibility index (Phi) is 4.24. The molecule has 0 aromatic carbocycles. The predicted molar refractivity (Wildman–Crippen MR) is 70.4 cm³/mol. The van der Waals surface area contributed by atoms with E-state index in [1.165, 1.54) is 25.7 Å². The summed E-state index contributed by atoms with van der Waals surface area (Å²) in [6.07, 6.45) is 7.42. The molecule has 0 unspecified atom stereocenters. The first kappa shape index (κ1) is 12.2. The van der Waals surface area contributed by atoms with Gasteiger partial charge in [-0.05, 0) is 44.7 Å². The summed E-state index contributed by atoms with van der Waals surface area (Å²) in [5.41, 5.74) is 1.02. The van der Waals surface area contributed by atoms with Crippen molar-refractivity contribution in [1.29, 1.82) is 0 Å². The first-order chi connectivity index (χ1) is 8.25. The van der Waals surface area contributed by atoms with Crippen LogP contribution in [0.4, 0.5) is 5.69 Å². The SMILES string of the molecule is CC(C)Oc1ncccc1NCC1CCCC1. The molecule has 17 heavy (non-hydrogen) atoms. The van der Waals surface area contributed by atoms with E-state index >= 15 is 0 Å². The molecule has 0 bridgehead atoms. The van der Waals surface area contributed by atoms with Gasteiger partial charge < -0.3 is 10.1 Å². The molecule has 3 nitrogen and oxygen atoms in total. The van der Waals surface area contributed by atoms with Gasteiger partial charge >= 0.3 is 0 Å². The zero-order chi connectivity index (χ0) is 12.1. The molecular weight excluding hydrogens is 212 g/mol. The fraction of sp³-hybridized carbons (Fsp3) is 0.643. The van der Waals surface area contributed by atoms with Crippen molar-refractivity contribution in [2.24, 2.45) is 5.92 Å². The second-order valence-corrected chi connectivity index (χ2v) is 5.05. The van der Waals surface area contributed by atoms with E-state index in [0.717, 1.165) is 24.0 Å². The number of pyridine rings is 1. The van der Waals surface area contributed by atoms with E-state index in [9.17, 15) is 0 Å². The lowest BCUT2D eigenvalue weighted by Gasteiger charge is -2.16. The van der Waals surface area contributed by atoms with Crippen molar-refractivity contribution >= 4 is 5.69 Å². The van der Waals surface area contributed by atoms with E-state index in [1.807, 2.05) is 26.0 Å². The zero-order valence-corrected chi connectivity index (χ0v) is 10.8. The fourth-order valence-corrected chi connectivity index (χ4v) is 2.31. The van der Waals surface area contributed by atoms with Gasteiger partial charge in [0.05, 0.1) is 11.8 Å². The second-order valence-electron chi connectivity index (χ2n) is 5.05. The summed E-state index contributed by atoms with van der Waals surface area (Å²) < 4.78 is 5.69. The molecule has 0 spiro atoms. The van der Waals surface area contributed by atoms with E-state index in [2.05, 4.69) is 10.3 Å². The number of aromatic nitrogens is 1. The Balaban J connectivity index is 1.94. The minimum atomic E-state index is 0.164. The van der Waals surface area contributed by atoms with Crippen molar-refractivity contribution in [1.82, 2.24) is 4.98 Å². The topological polar surface area (TPSA) is 34.1 Å². The fourth-order valence-electron chi connectivity index (χ4n) is 2.31. The van der Waals surface area contributed by atoms with Crippen LogP contribution in [0.2, 0.25) is 0 Å². The number of nitrogens with one attached hydrogen (secondary N) is 1. The number of hydrogen-bond acceptors (Lipinski definition) is 3. The molecule has 94 valence electrons. The molecule has 1 N–H and O–H groups in total. The van der Waals surface area contributed by atoms with E-state index in [4.69, 9.17) is 4.74 Å². The molecule has 0 radical (unpaired) electrons. The molecule has 0 amide bonds. The molecule has 1 aliphatic rings. The zero-order valence-electron chi connectivity index (χ0n) is 10.8. The Morgan fingerprint density at radius 3 is 2.88 bits per heavy atom. The van der Waals surface area contributed by atoms with Crippen molar-refractivity contribution in [2.45, 2.75) is 45.6 Å². The summed E-state index contributed by atoms with van der Waals surface area (Å²) in [5, 5.41) is 3.47. The van der Waals surface area contributed by atoms with Crippen LogP contribution in [-0.4, -0.2) is 17.6 Å². The van der Waals surface area contributed by atoms with Gasteiger partial charge in [0.1, 0.15) is 0 Å². The van der Waals surface area contributed by atoms with Crippen molar-refractivity contribution in [2.75, 3.05) is 11.9 Å². The number of nitrogens with zero attached hydrogens (tertiary/aromatic N) is 1. The van der Waals surface area contributed by atoms with Gasteiger partial charge in [-0.2, -0.15) is 0 Å². The lowest BCUT2D eigenvalue weighted by molar-refractivity contribution is 0.234. The average Bonchev–Trinajstić information content (AvgIpc) is 2.80. The van der Waals surface area contributed by atoms with E-state index in [-0.39, 0.29) is 6.10 Å². The normalized spacial score (nSPS) is 16.4. The van der Waals surface area contributed by atoms with Crippen molar-refractivity contribution in [3.63, 3.8) is 0 Å². The van der Waals surface area contributed by atoms with Crippen LogP contribution < -0.4 is 10.1 Å². The van der Waals surface area contributed by atoms with Crippen LogP contribution in [-0.2, 0) is 0 Å². The maximum atomic E-state index is 5.69. The summed E-state index contributed by atoms with van der Waals surface area (Å²) in [6.45, 7) is 5.09. The van der Waals surface area contributed by atoms with Gasteiger partial charge in [-0.3, -0.25) is 0 Å². The van der Waals surface area contributed by atoms with E-state index in [0.29, 0.717) is 0 Å². The largest absolute Gasteiger partial charge is 0.473 e. The van der Waals surface area contributed by atoms with Crippen LogP contribution in [0.1, 0.15) is 39.5 Å². The Morgan fingerprint density at radius 2 is 2.18 bits per heavy atom. The van der Waals surface area contributed by atoms with Crippen LogP contribution in [0, 0.1) is 5.92 Å². The van der Waals surface area contributed by atoms with E-state index < -0.39 is 0 Å². The lowest BCUT2D eigenvalue weighted by atomic mass is 10.1. The summed E-state index contributed by atoms with van der Waals surface area (Å²) >= 11 is 0. The van der Waals surface area contributed by atoms with Gasteiger partial charge in [-0.15, -0.1) is 0 Å². The summed E-state index contributed by atoms with van der Waals surface area (Å²) in [4.78, 5) is 4.28. The molecule has 0 aliphatic heterocycles. The molecule has 1 aromatic heterocycles. The van der Waals surface area contributed by atoms with Crippen molar-refractivity contribution in [3.05, 3.63) is 18.3 Å². The molecule has 1 heterocycles. The highest BCUT2D eigenvalue weighted by Gasteiger charge is 2.15. The van der Waals surface area contributed by atoms with Gasteiger partial charge in [0.2, 0.25) is 5.88 Å². The Morgan fingerprint density at radius 1 is 1.41 bits per heavy atom. The Hall–Kier alpha value is -1.25. The highest BCUT2D eigenvalue weighted by atomic mass is 16.5. The molecular formula is C14H22N2O. The summed E-state index contributed by atoms with van der Waals surface area (Å²) in [6, 6.07) is 3.99. The van der Waals surface area contributed by atoms with Crippen molar-refractivity contribution in [3.8, 4) is 5.88 Å². The number of anilines is 1. The second kappa shape index (κ2) is 5.89. The summed E-state index contributed by atoms with van der Waals surface area (Å²) in [7, 11) is 0. The van der Waals surface area contributed by atoms with Crippen LogP contribution in [0.15, 0.2) is 18.3 Å². The van der Waals surface area contributed by atoms with Gasteiger partial charge in [0.15, 0.2) is 0 Å². The van der Waals surface area contributed by atoms with Crippen molar-refractivity contribution < 1.29 is 4.74 Å². The Labute approximate surface area is 104 Å². The van der Waals surface area contributed by atoms with Gasteiger partial charge in [0.25, 0.3) is 0 Å². The molecule has 0 atom stereocenters. The third-order valence-electron chi connectivity index (χ3n) is 3.17. The average molecular weight is 234 g/mol. The molecule has 3 heteroatoms. The van der Waals surface area contributed by atoms with E-state index in [1.54, 1.807) is 6.20 Å². The first-order valence-corrected chi connectivity index (χ1v) is 6.61. The van der Waals surface area contributed by atoms with Gasteiger partial charge in [-0.25, -0.2) is 4.98 Å². The minimum Gasteiger partial charge on any atom is -0.473 e. The van der Waals surface area contributed by atoms with Gasteiger partial charge in [-0.1, -0.05) is 12.8 Å². The van der Waals surface area contributed by atoms with Crippen LogP contribution in [0.25, 0.3) is 0 Å². The number of hydrogen-bond donors (Lipinski definition) is 1. The third-order valence-corrected chi connectivity index (χ3v) is 3.17. The molecule has 0 saturated heterocycles. The molecule has 1 aliphatic carbocycles. The third kappa shape index (κ3) is 3.62. The lowest BCUT2D eigenvalue weighted by Crippen LogP contribution is -2.14. The number of rotatable bonds is 5. The highest BCUT2D eigenvalue weighted by Crippen LogP contribution is 2.27. The maximum absolute atomic E-state index is 5.69. The van der Waals surface area contributed by atoms with Crippen LogP contribution in [0.3, 0.4) is 0 Å². The quantitative estimate of drug-likeness (QED) is 0.847. The van der Waals surface area contributed by atoms with Gasteiger partial charge in [0, 0.05) is 12.7 Å². The Bertz CT molecular complexity index is 346. The standard InChI is InChI=1S/C14H22N2O/c1-11(2)17-14-13(8-5-9-15-14)16-10-12-6-3-4-7-12/h5,8-9,11-12,16H,3-4,6-7,10H2,1-2H3. The summed E-state index contributed by atoms with van der Waals surface area (Å²) in [5.74, 6) is 1.54. The van der Waals surface area contributed by atoms with Crippen LogP contribution in [0.5, 0.6) is 5.88 Å².